The molecule has 0 amide bonds. The molecule has 0 saturated heterocycles. The van der Waals surface area contributed by atoms with Crippen LogP contribution in [0.2, 0.25) is 0 Å². The van der Waals surface area contributed by atoms with Gasteiger partial charge in [0.25, 0.3) is 0 Å². The van der Waals surface area contributed by atoms with Gasteiger partial charge >= 0.3 is 5.97 Å². The number of allylic oxidation sites excluding steroid dienone is 1. The fourth-order valence-corrected chi connectivity index (χ4v) is 1.98. The molecule has 1 atom stereocenters. The zero-order chi connectivity index (χ0) is 11.6. The Hall–Kier alpha value is -1.03. The predicted octanol–water partition coefficient (Wildman–Crippen LogP) is 2.00. The number of esters is 1. The minimum atomic E-state index is -0.377. The van der Waals surface area contributed by atoms with Crippen LogP contribution in [-0.2, 0) is 19.0 Å². The first kappa shape index (κ1) is 11.5. The van der Waals surface area contributed by atoms with Crippen LogP contribution in [0.4, 0.5) is 0 Å². The summed E-state index contributed by atoms with van der Waals surface area (Å²) in [7, 11) is 0. The normalized spacial score (nSPS) is 25.9. The van der Waals surface area contributed by atoms with Crippen LogP contribution >= 0.6 is 0 Å². The Bertz CT molecular complexity index is 304. The molecular weight excluding hydrogens is 208 g/mol. The van der Waals surface area contributed by atoms with E-state index < -0.39 is 0 Å². The maximum Gasteiger partial charge on any atom is 0.373 e. The van der Waals surface area contributed by atoms with Crippen LogP contribution in [0.1, 0.15) is 33.1 Å². The van der Waals surface area contributed by atoms with Crippen LogP contribution in [-0.4, -0.2) is 25.5 Å². The Morgan fingerprint density at radius 3 is 2.81 bits per heavy atom. The van der Waals surface area contributed by atoms with Gasteiger partial charge in [-0.3, -0.25) is 0 Å². The number of ether oxygens (including phenoxy) is 3. The first-order valence-electron chi connectivity index (χ1n) is 5.87. The highest BCUT2D eigenvalue weighted by Gasteiger charge is 2.47. The van der Waals surface area contributed by atoms with E-state index in [1.807, 2.05) is 13.0 Å². The Balaban J connectivity index is 2.06. The van der Waals surface area contributed by atoms with E-state index in [2.05, 4.69) is 0 Å². The molecule has 90 valence electrons. The van der Waals surface area contributed by atoms with E-state index >= 15 is 0 Å². The Kier molecular flexibility index (Phi) is 3.19. The van der Waals surface area contributed by atoms with Crippen molar-refractivity contribution in [2.45, 2.75) is 39.4 Å². The molecule has 1 saturated carbocycles. The summed E-state index contributed by atoms with van der Waals surface area (Å²) in [5, 5.41) is 0. The van der Waals surface area contributed by atoms with E-state index in [0.717, 1.165) is 19.3 Å². The van der Waals surface area contributed by atoms with Gasteiger partial charge in [-0.1, -0.05) is 0 Å². The molecule has 0 aromatic carbocycles. The lowest BCUT2D eigenvalue weighted by Gasteiger charge is -2.28. The van der Waals surface area contributed by atoms with Gasteiger partial charge in [0.05, 0.1) is 6.61 Å². The summed E-state index contributed by atoms with van der Waals surface area (Å²) in [5.41, 5.74) is 0.139. The molecule has 0 aromatic heterocycles. The topological polar surface area (TPSA) is 44.8 Å². The second-order valence-electron chi connectivity index (χ2n) is 4.30. The number of carbonyl (C=O) groups excluding carboxylic acids is 1. The van der Waals surface area contributed by atoms with Crippen LogP contribution in [0.25, 0.3) is 0 Å². The van der Waals surface area contributed by atoms with Crippen molar-refractivity contribution < 1.29 is 19.0 Å². The first-order valence-corrected chi connectivity index (χ1v) is 5.87. The Labute approximate surface area is 95.6 Å². The third-order valence-electron chi connectivity index (χ3n) is 2.99. The summed E-state index contributed by atoms with van der Waals surface area (Å²) in [6, 6.07) is 0. The lowest BCUT2D eigenvalue weighted by atomic mass is 9.99. The third kappa shape index (κ3) is 2.38. The van der Waals surface area contributed by atoms with Crippen molar-refractivity contribution in [2.75, 3.05) is 13.2 Å². The van der Waals surface area contributed by atoms with E-state index in [9.17, 15) is 4.79 Å². The number of rotatable bonds is 4. The molecule has 2 aliphatic rings. The zero-order valence-corrected chi connectivity index (χ0v) is 9.82. The third-order valence-corrected chi connectivity index (χ3v) is 2.99. The maximum atomic E-state index is 11.6. The second-order valence-corrected chi connectivity index (χ2v) is 4.30. The smallest absolute Gasteiger partial charge is 0.373 e. The van der Waals surface area contributed by atoms with Gasteiger partial charge in [0.1, 0.15) is 0 Å². The van der Waals surface area contributed by atoms with Crippen LogP contribution < -0.4 is 0 Å². The highest BCUT2D eigenvalue weighted by atomic mass is 16.7. The lowest BCUT2D eigenvalue weighted by Crippen LogP contribution is -2.29. The number of carbonyl (C=O) groups is 1. The molecule has 0 radical (unpaired) electrons. The van der Waals surface area contributed by atoms with Gasteiger partial charge in [0.2, 0.25) is 12.0 Å². The van der Waals surface area contributed by atoms with Crippen molar-refractivity contribution in [3.63, 3.8) is 0 Å². The van der Waals surface area contributed by atoms with Gasteiger partial charge < -0.3 is 14.2 Å². The van der Waals surface area contributed by atoms with Gasteiger partial charge in [-0.2, -0.15) is 0 Å². The molecule has 1 spiro atoms. The van der Waals surface area contributed by atoms with E-state index in [-0.39, 0.29) is 17.7 Å². The summed E-state index contributed by atoms with van der Waals surface area (Å²) in [6.07, 6.45) is 4.70. The Morgan fingerprint density at radius 1 is 1.50 bits per heavy atom. The van der Waals surface area contributed by atoms with Crippen molar-refractivity contribution in [3.05, 3.63) is 11.8 Å². The van der Waals surface area contributed by atoms with E-state index in [1.54, 1.807) is 6.92 Å². The molecule has 0 bridgehead atoms. The standard InChI is InChI=1S/C12H18O4/c1-3-14-10-8-12(5-6-12)7-9(16-10)11(13)15-4-2/h7,10H,3-6,8H2,1-2H3. The molecular formula is C12H18O4. The summed E-state index contributed by atoms with van der Waals surface area (Å²) in [6.45, 7) is 4.67. The van der Waals surface area contributed by atoms with Crippen molar-refractivity contribution in [2.24, 2.45) is 5.41 Å². The predicted molar refractivity (Wildman–Crippen MR) is 57.5 cm³/mol. The van der Waals surface area contributed by atoms with Crippen LogP contribution in [0.3, 0.4) is 0 Å². The minimum Gasteiger partial charge on any atom is -0.460 e. The van der Waals surface area contributed by atoms with E-state index in [0.29, 0.717) is 19.0 Å². The summed E-state index contributed by atoms with van der Waals surface area (Å²) in [4.78, 5) is 11.6. The highest BCUT2D eigenvalue weighted by Crippen LogP contribution is 2.54. The van der Waals surface area contributed by atoms with E-state index in [1.165, 1.54) is 0 Å². The highest BCUT2D eigenvalue weighted by molar-refractivity contribution is 5.86. The summed E-state index contributed by atoms with van der Waals surface area (Å²) < 4.78 is 15.9. The zero-order valence-electron chi connectivity index (χ0n) is 9.82. The van der Waals surface area contributed by atoms with Gasteiger partial charge in [-0.25, -0.2) is 4.79 Å². The number of hydrogen-bond acceptors (Lipinski definition) is 4. The largest absolute Gasteiger partial charge is 0.460 e. The first-order chi connectivity index (χ1) is 7.69. The summed E-state index contributed by atoms with van der Waals surface area (Å²) >= 11 is 0. The van der Waals surface area contributed by atoms with Crippen molar-refractivity contribution >= 4 is 5.97 Å². The van der Waals surface area contributed by atoms with Crippen molar-refractivity contribution in [1.82, 2.24) is 0 Å². The van der Waals surface area contributed by atoms with Gasteiger partial charge in [-0.05, 0) is 38.2 Å². The molecule has 4 heteroatoms. The molecule has 1 aliphatic heterocycles. The fraction of sp³-hybridized carbons (Fsp3) is 0.750. The Morgan fingerprint density at radius 2 is 2.25 bits per heavy atom. The van der Waals surface area contributed by atoms with Crippen molar-refractivity contribution in [1.29, 1.82) is 0 Å². The van der Waals surface area contributed by atoms with Crippen LogP contribution in [0, 0.1) is 5.41 Å². The van der Waals surface area contributed by atoms with Gasteiger partial charge in [0, 0.05) is 13.0 Å². The lowest BCUT2D eigenvalue weighted by molar-refractivity contribution is -0.162. The molecule has 0 N–H and O–H groups in total. The minimum absolute atomic E-state index is 0.139. The average Bonchev–Trinajstić information content (AvgIpc) is 2.97. The monoisotopic (exact) mass is 226 g/mol. The molecule has 0 aromatic rings. The SMILES string of the molecule is CCOC(=O)C1=CC2(CC2)CC(OCC)O1. The van der Waals surface area contributed by atoms with Gasteiger partial charge in [-0.15, -0.1) is 0 Å². The van der Waals surface area contributed by atoms with E-state index in [4.69, 9.17) is 14.2 Å². The summed E-state index contributed by atoms with van der Waals surface area (Å²) in [5.74, 6) is -0.0535. The second kappa shape index (κ2) is 4.45. The molecule has 16 heavy (non-hydrogen) atoms. The molecule has 2 rings (SSSR count). The quantitative estimate of drug-likeness (QED) is 0.688. The molecule has 4 nitrogen and oxygen atoms in total. The molecule has 1 aliphatic carbocycles. The molecule has 1 heterocycles. The van der Waals surface area contributed by atoms with Crippen molar-refractivity contribution in [3.8, 4) is 0 Å². The molecule has 1 fully saturated rings. The van der Waals surface area contributed by atoms with Crippen LogP contribution in [0.15, 0.2) is 11.8 Å². The van der Waals surface area contributed by atoms with Gasteiger partial charge in [0.15, 0.2) is 0 Å². The van der Waals surface area contributed by atoms with Crippen LogP contribution in [0.5, 0.6) is 0 Å². The number of hydrogen-bond donors (Lipinski definition) is 0. The maximum absolute atomic E-state index is 11.6. The fourth-order valence-electron chi connectivity index (χ4n) is 1.98. The average molecular weight is 226 g/mol. The molecule has 1 unspecified atom stereocenters.